The van der Waals surface area contributed by atoms with Crippen LogP contribution in [0.4, 0.5) is 0 Å². The maximum atomic E-state index is 14.2. The molecule has 1 atom stereocenters. The fourth-order valence-electron chi connectivity index (χ4n) is 5.46. The number of pyridine rings is 2. The predicted molar refractivity (Wildman–Crippen MR) is 157 cm³/mol. The minimum Gasteiger partial charge on any atom is -0.462 e. The van der Waals surface area contributed by atoms with Gasteiger partial charge in [0.2, 0.25) is 0 Å². The highest BCUT2D eigenvalue weighted by Crippen LogP contribution is 2.26. The molecule has 9 nitrogen and oxygen atoms in total. The largest absolute Gasteiger partial charge is 0.462 e. The van der Waals surface area contributed by atoms with Crippen molar-refractivity contribution in [3.63, 3.8) is 0 Å². The number of fused-ring (bicyclic) bond motifs is 2. The van der Waals surface area contributed by atoms with Crippen LogP contribution in [0.3, 0.4) is 0 Å². The number of carbonyl (C=O) groups is 2. The number of benzene rings is 2. The molecular formula is C33H30N4O5. The van der Waals surface area contributed by atoms with Crippen molar-refractivity contribution in [2.75, 3.05) is 13.2 Å². The van der Waals surface area contributed by atoms with Crippen LogP contribution in [0.1, 0.15) is 47.2 Å². The van der Waals surface area contributed by atoms with Crippen molar-refractivity contribution >= 4 is 28.6 Å². The topological polar surface area (TPSA) is 104 Å². The van der Waals surface area contributed by atoms with E-state index in [1.165, 1.54) is 10.5 Å². The summed E-state index contributed by atoms with van der Waals surface area (Å²) in [6, 6.07) is 25.5. The molecule has 3 aromatic heterocycles. The van der Waals surface area contributed by atoms with Gasteiger partial charge in [0, 0.05) is 12.8 Å². The summed E-state index contributed by atoms with van der Waals surface area (Å²) in [5, 5.41) is 0.216. The second kappa shape index (κ2) is 11.9. The molecule has 1 saturated heterocycles. The highest BCUT2D eigenvalue weighted by molar-refractivity contribution is 5.94. The molecule has 6 rings (SSSR count). The Kier molecular flexibility index (Phi) is 7.74. The van der Waals surface area contributed by atoms with E-state index in [4.69, 9.17) is 14.5 Å². The first-order valence-corrected chi connectivity index (χ1v) is 14.1. The van der Waals surface area contributed by atoms with E-state index in [0.29, 0.717) is 17.9 Å². The van der Waals surface area contributed by atoms with E-state index in [1.807, 2.05) is 60.7 Å². The number of ether oxygens (including phenoxy) is 2. The van der Waals surface area contributed by atoms with E-state index in [-0.39, 0.29) is 41.3 Å². The molecule has 0 N–H and O–H groups in total. The van der Waals surface area contributed by atoms with Gasteiger partial charge in [-0.1, -0.05) is 66.7 Å². The van der Waals surface area contributed by atoms with Gasteiger partial charge >= 0.3 is 5.97 Å². The number of carbonyl (C=O) groups excluding carboxylic acids is 2. The summed E-state index contributed by atoms with van der Waals surface area (Å²) in [5.74, 6) is -1.86. The first kappa shape index (κ1) is 27.3. The molecule has 0 radical (unpaired) electrons. The third-order valence-corrected chi connectivity index (χ3v) is 7.42. The van der Waals surface area contributed by atoms with E-state index in [0.717, 1.165) is 24.0 Å². The first-order chi connectivity index (χ1) is 20.5. The Hall–Kier alpha value is -4.89. The normalized spacial score (nSPS) is 15.5. The first-order valence-electron chi connectivity index (χ1n) is 14.1. The van der Waals surface area contributed by atoms with Crippen LogP contribution in [0.15, 0.2) is 101 Å². The molecule has 1 amide bonds. The van der Waals surface area contributed by atoms with Crippen molar-refractivity contribution in [2.24, 2.45) is 4.99 Å². The van der Waals surface area contributed by atoms with Crippen molar-refractivity contribution in [1.29, 1.82) is 0 Å². The van der Waals surface area contributed by atoms with Gasteiger partial charge < -0.3 is 14.0 Å². The van der Waals surface area contributed by atoms with Crippen molar-refractivity contribution in [3.05, 3.63) is 124 Å². The van der Waals surface area contributed by atoms with Crippen molar-refractivity contribution in [2.45, 2.75) is 38.3 Å². The van der Waals surface area contributed by atoms with Crippen LogP contribution in [-0.2, 0) is 20.8 Å². The number of nitrogens with zero attached hydrogens (tertiary/aromatic N) is 4. The summed E-state index contributed by atoms with van der Waals surface area (Å²) in [7, 11) is 0. The lowest BCUT2D eigenvalue weighted by molar-refractivity contribution is -0.118. The molecule has 9 heteroatoms. The molecule has 4 heterocycles. The van der Waals surface area contributed by atoms with Gasteiger partial charge in [-0.3, -0.25) is 14.0 Å². The van der Waals surface area contributed by atoms with Gasteiger partial charge in [-0.15, -0.1) is 0 Å². The Morgan fingerprint density at radius 1 is 1.02 bits per heavy atom. The van der Waals surface area contributed by atoms with Crippen LogP contribution < -0.4 is 11.0 Å². The molecule has 1 aliphatic rings. The number of hydrogen-bond acceptors (Lipinski definition) is 6. The molecule has 1 fully saturated rings. The second-order valence-electron chi connectivity index (χ2n) is 10.1. The zero-order chi connectivity index (χ0) is 29.1. The third-order valence-electron chi connectivity index (χ3n) is 7.42. The van der Waals surface area contributed by atoms with Gasteiger partial charge in [-0.2, -0.15) is 4.99 Å². The Bertz CT molecular complexity index is 1850. The summed E-state index contributed by atoms with van der Waals surface area (Å²) in [6.45, 7) is 2.68. The van der Waals surface area contributed by atoms with Crippen molar-refractivity contribution in [3.8, 4) is 0 Å². The molecule has 0 saturated carbocycles. The SMILES string of the molecule is CCOC(=O)c1cc2c(=O)n3ccccc3nc2n(C[C@@H]2CCCO2)c1=NC(=O)C(c1ccccc1)c1ccccc1. The molecule has 2 aromatic carbocycles. The van der Waals surface area contributed by atoms with Gasteiger partial charge in [0.05, 0.1) is 30.6 Å². The number of esters is 1. The molecule has 0 aliphatic carbocycles. The molecule has 0 unspecified atom stereocenters. The lowest BCUT2D eigenvalue weighted by Gasteiger charge is -2.19. The Morgan fingerprint density at radius 3 is 2.36 bits per heavy atom. The van der Waals surface area contributed by atoms with Crippen LogP contribution >= 0.6 is 0 Å². The molecule has 0 spiro atoms. The van der Waals surface area contributed by atoms with Crippen LogP contribution in [-0.4, -0.2) is 45.1 Å². The second-order valence-corrected chi connectivity index (χ2v) is 10.1. The Balaban J connectivity index is 1.66. The maximum Gasteiger partial charge on any atom is 0.341 e. The van der Waals surface area contributed by atoms with Gasteiger partial charge in [-0.05, 0) is 49.1 Å². The number of hydrogen-bond donors (Lipinski definition) is 0. The highest BCUT2D eigenvalue weighted by atomic mass is 16.5. The van der Waals surface area contributed by atoms with Crippen LogP contribution in [0, 0.1) is 0 Å². The van der Waals surface area contributed by atoms with Gasteiger partial charge in [0.1, 0.15) is 16.9 Å². The summed E-state index contributed by atoms with van der Waals surface area (Å²) in [5.41, 5.74) is 2.05. The number of aromatic nitrogens is 3. The Morgan fingerprint density at radius 2 is 1.71 bits per heavy atom. The smallest absolute Gasteiger partial charge is 0.341 e. The molecule has 42 heavy (non-hydrogen) atoms. The molecule has 1 aliphatic heterocycles. The zero-order valence-corrected chi connectivity index (χ0v) is 23.2. The van der Waals surface area contributed by atoms with E-state index in [9.17, 15) is 14.4 Å². The molecule has 212 valence electrons. The monoisotopic (exact) mass is 562 g/mol. The van der Waals surface area contributed by atoms with Gasteiger partial charge in [0.15, 0.2) is 5.49 Å². The van der Waals surface area contributed by atoms with E-state index in [2.05, 4.69) is 4.99 Å². The zero-order valence-electron chi connectivity index (χ0n) is 23.2. The summed E-state index contributed by atoms with van der Waals surface area (Å²) in [4.78, 5) is 50.7. The lowest BCUT2D eigenvalue weighted by atomic mass is 9.91. The lowest BCUT2D eigenvalue weighted by Crippen LogP contribution is -2.35. The molecular weight excluding hydrogens is 532 g/mol. The van der Waals surface area contributed by atoms with E-state index in [1.54, 1.807) is 35.9 Å². The molecule has 0 bridgehead atoms. The minimum absolute atomic E-state index is 0.0188. The summed E-state index contributed by atoms with van der Waals surface area (Å²) in [6.07, 6.45) is 3.10. The van der Waals surface area contributed by atoms with Gasteiger partial charge in [-0.25, -0.2) is 9.78 Å². The number of amides is 1. The third kappa shape index (κ3) is 5.26. The standard InChI is InChI=1S/C33H30N4O5/c1-2-41-33(40)26-20-25-29(34-27-17-9-10-18-36(27)32(25)39)37(21-24-16-11-19-42-24)30(26)35-31(38)28(22-12-5-3-6-13-22)23-14-7-4-8-15-23/h3-10,12-15,17-18,20,24,28H,2,11,16,19,21H2,1H3/t24-/m0/s1. The average Bonchev–Trinajstić information content (AvgIpc) is 3.53. The number of rotatable bonds is 7. The fraction of sp³-hybridized carbons (Fsp3) is 0.242. The Labute approximate surface area is 241 Å². The summed E-state index contributed by atoms with van der Waals surface area (Å²) < 4.78 is 14.4. The quantitative estimate of drug-likeness (QED) is 0.217. The van der Waals surface area contributed by atoms with Crippen LogP contribution in [0.5, 0.6) is 0 Å². The van der Waals surface area contributed by atoms with Gasteiger partial charge in [0.25, 0.3) is 11.5 Å². The molecule has 5 aromatic rings. The van der Waals surface area contributed by atoms with E-state index < -0.39 is 17.8 Å². The van der Waals surface area contributed by atoms with Crippen LogP contribution in [0.25, 0.3) is 16.7 Å². The van der Waals surface area contributed by atoms with Crippen LogP contribution in [0.2, 0.25) is 0 Å². The average molecular weight is 563 g/mol. The predicted octanol–water partition coefficient (Wildman–Crippen LogP) is 4.26. The van der Waals surface area contributed by atoms with Crippen molar-refractivity contribution in [1.82, 2.24) is 14.0 Å². The maximum absolute atomic E-state index is 14.2. The highest BCUT2D eigenvalue weighted by Gasteiger charge is 2.26. The van der Waals surface area contributed by atoms with Crippen molar-refractivity contribution < 1.29 is 19.1 Å². The summed E-state index contributed by atoms with van der Waals surface area (Å²) >= 11 is 0. The minimum atomic E-state index is -0.718. The van der Waals surface area contributed by atoms with E-state index >= 15 is 0 Å². The fourth-order valence-corrected chi connectivity index (χ4v) is 5.46.